The van der Waals surface area contributed by atoms with Gasteiger partial charge in [0.05, 0.1) is 25.1 Å². The molecule has 0 unspecified atom stereocenters. The van der Waals surface area contributed by atoms with E-state index in [0.29, 0.717) is 0 Å². The molecule has 8 nitrogen and oxygen atoms in total. The van der Waals surface area contributed by atoms with Gasteiger partial charge in [-0.3, -0.25) is 4.90 Å². The average Bonchev–Trinajstić information content (AvgIpc) is 3.40. The molecule has 0 aliphatic carbocycles. The molecule has 0 radical (unpaired) electrons. The molecular weight excluding hydrogens is 410 g/mol. The minimum absolute atomic E-state index is 0.735. The highest BCUT2D eigenvalue weighted by atomic mass is 32.1. The molecule has 4 aromatic rings. The van der Waals surface area contributed by atoms with Crippen LogP contribution in [-0.4, -0.2) is 63.9 Å². The summed E-state index contributed by atoms with van der Waals surface area (Å²) in [6.45, 7) is 6.25. The van der Waals surface area contributed by atoms with Crippen LogP contribution in [0.1, 0.15) is 5.56 Å². The normalized spacial score (nSPS) is 14.7. The molecule has 1 aliphatic rings. The van der Waals surface area contributed by atoms with Crippen molar-refractivity contribution < 1.29 is 4.74 Å². The summed E-state index contributed by atoms with van der Waals surface area (Å²) >= 11 is 1.54. The van der Waals surface area contributed by atoms with Gasteiger partial charge in [0.2, 0.25) is 10.1 Å². The Morgan fingerprint density at radius 2 is 1.84 bits per heavy atom. The molecule has 1 saturated heterocycles. The van der Waals surface area contributed by atoms with E-state index in [1.807, 2.05) is 41.2 Å². The third kappa shape index (κ3) is 4.84. The quantitative estimate of drug-likeness (QED) is 0.440. The highest BCUT2D eigenvalue weighted by Gasteiger charge is 2.12. The van der Waals surface area contributed by atoms with Crippen molar-refractivity contribution in [3.8, 4) is 11.3 Å². The Morgan fingerprint density at radius 3 is 2.65 bits per heavy atom. The van der Waals surface area contributed by atoms with E-state index in [9.17, 15) is 0 Å². The highest BCUT2D eigenvalue weighted by molar-refractivity contribution is 7.20. The number of fused-ring (bicyclic) bond motifs is 1. The zero-order valence-corrected chi connectivity index (χ0v) is 18.0. The Bertz CT molecular complexity index is 1100. The van der Waals surface area contributed by atoms with Crippen LogP contribution in [0.5, 0.6) is 0 Å². The summed E-state index contributed by atoms with van der Waals surface area (Å²) < 4.78 is 7.26. The zero-order chi connectivity index (χ0) is 20.9. The summed E-state index contributed by atoms with van der Waals surface area (Å²) in [5.74, 6) is 0.876. The van der Waals surface area contributed by atoms with Gasteiger partial charge in [0.15, 0.2) is 0 Å². The van der Waals surface area contributed by atoms with Gasteiger partial charge < -0.3 is 15.4 Å². The van der Waals surface area contributed by atoms with Gasteiger partial charge >= 0.3 is 0 Å². The maximum atomic E-state index is 5.39. The predicted octanol–water partition coefficient (Wildman–Crippen LogP) is 3.21. The van der Waals surface area contributed by atoms with Crippen molar-refractivity contribution in [3.63, 3.8) is 0 Å². The number of pyridine rings is 1. The van der Waals surface area contributed by atoms with Crippen molar-refractivity contribution in [2.75, 3.05) is 50.0 Å². The minimum atomic E-state index is 0.735. The topological polar surface area (TPSA) is 79.6 Å². The van der Waals surface area contributed by atoms with Crippen LogP contribution in [0.4, 0.5) is 10.9 Å². The second-order valence-electron chi connectivity index (χ2n) is 7.40. The van der Waals surface area contributed by atoms with Crippen molar-refractivity contribution in [1.29, 1.82) is 0 Å². The summed E-state index contributed by atoms with van der Waals surface area (Å²) in [7, 11) is 0. The average molecular weight is 436 g/mol. The first kappa shape index (κ1) is 19.9. The number of aromatic nitrogens is 4. The van der Waals surface area contributed by atoms with Crippen LogP contribution >= 0.6 is 11.3 Å². The summed E-state index contributed by atoms with van der Waals surface area (Å²) in [5, 5.41) is 12.3. The van der Waals surface area contributed by atoms with Gasteiger partial charge in [0, 0.05) is 44.5 Å². The molecule has 0 bridgehead atoms. The first-order chi connectivity index (χ1) is 15.3. The summed E-state index contributed by atoms with van der Waals surface area (Å²) in [6.07, 6.45) is 3.72. The summed E-state index contributed by atoms with van der Waals surface area (Å²) in [6, 6.07) is 14.4. The van der Waals surface area contributed by atoms with E-state index in [4.69, 9.17) is 9.84 Å². The van der Waals surface area contributed by atoms with Gasteiger partial charge in [0.1, 0.15) is 5.82 Å². The lowest BCUT2D eigenvalue weighted by Crippen LogP contribution is -2.39. The smallest absolute Gasteiger partial charge is 0.214 e. The van der Waals surface area contributed by atoms with Crippen LogP contribution < -0.4 is 10.6 Å². The first-order valence-corrected chi connectivity index (χ1v) is 11.3. The molecule has 31 heavy (non-hydrogen) atoms. The lowest BCUT2D eigenvalue weighted by molar-refractivity contribution is 0.0398. The minimum Gasteiger partial charge on any atom is -0.379 e. The van der Waals surface area contributed by atoms with E-state index >= 15 is 0 Å². The van der Waals surface area contributed by atoms with Gasteiger partial charge in [-0.15, -0.1) is 5.10 Å². The van der Waals surface area contributed by atoms with E-state index in [0.717, 1.165) is 73.1 Å². The van der Waals surface area contributed by atoms with Crippen LogP contribution in [0.3, 0.4) is 0 Å². The predicted molar refractivity (Wildman–Crippen MR) is 124 cm³/mol. The molecule has 3 aromatic heterocycles. The molecule has 0 atom stereocenters. The Hall–Kier alpha value is -3.01. The van der Waals surface area contributed by atoms with E-state index in [1.54, 1.807) is 11.3 Å². The van der Waals surface area contributed by atoms with E-state index in [2.05, 4.69) is 43.7 Å². The molecule has 0 amide bonds. The van der Waals surface area contributed by atoms with E-state index in [-0.39, 0.29) is 0 Å². The maximum absolute atomic E-state index is 5.39. The Labute approximate surface area is 184 Å². The first-order valence-electron chi connectivity index (χ1n) is 10.5. The lowest BCUT2D eigenvalue weighted by atomic mass is 10.2. The standard InChI is InChI=1S/C22H25N7OS/c1-2-4-17(5-3-1)14-25-21-27-29-19(16-26-22(29)31-21)18-6-7-20(24-15-18)23-8-9-28-10-12-30-13-11-28/h1-7,15-16H,8-14H2,(H,23,24)(H,25,27). The number of ether oxygens (including phenoxy) is 1. The number of anilines is 2. The maximum Gasteiger partial charge on any atom is 0.214 e. The van der Waals surface area contributed by atoms with Crippen LogP contribution in [0.25, 0.3) is 16.2 Å². The van der Waals surface area contributed by atoms with Crippen LogP contribution in [-0.2, 0) is 11.3 Å². The van der Waals surface area contributed by atoms with Gasteiger partial charge in [-0.1, -0.05) is 41.7 Å². The highest BCUT2D eigenvalue weighted by Crippen LogP contribution is 2.26. The van der Waals surface area contributed by atoms with Gasteiger partial charge in [-0.05, 0) is 17.7 Å². The van der Waals surface area contributed by atoms with Crippen LogP contribution in [0, 0.1) is 0 Å². The number of imidazole rings is 1. The fourth-order valence-corrected chi connectivity index (χ4v) is 4.32. The molecule has 1 aliphatic heterocycles. The molecule has 1 aromatic carbocycles. The molecule has 2 N–H and O–H groups in total. The van der Waals surface area contributed by atoms with Crippen molar-refractivity contribution in [2.45, 2.75) is 6.54 Å². The summed E-state index contributed by atoms with van der Waals surface area (Å²) in [4.78, 5) is 12.3. The second-order valence-corrected chi connectivity index (χ2v) is 8.35. The van der Waals surface area contributed by atoms with Crippen LogP contribution in [0.2, 0.25) is 0 Å². The number of hydrogen-bond acceptors (Lipinski definition) is 8. The van der Waals surface area contributed by atoms with Crippen molar-refractivity contribution >= 4 is 27.2 Å². The monoisotopic (exact) mass is 435 g/mol. The number of nitrogens with zero attached hydrogens (tertiary/aromatic N) is 5. The van der Waals surface area contributed by atoms with Gasteiger partial charge in [0.25, 0.3) is 0 Å². The number of benzene rings is 1. The number of morpholine rings is 1. The molecule has 5 rings (SSSR count). The lowest BCUT2D eigenvalue weighted by Gasteiger charge is -2.26. The van der Waals surface area contributed by atoms with Gasteiger partial charge in [-0.2, -0.15) is 0 Å². The van der Waals surface area contributed by atoms with E-state index < -0.39 is 0 Å². The Kier molecular flexibility index (Phi) is 6.06. The fourth-order valence-electron chi connectivity index (χ4n) is 3.55. The second kappa shape index (κ2) is 9.42. The Morgan fingerprint density at radius 1 is 0.968 bits per heavy atom. The van der Waals surface area contributed by atoms with Gasteiger partial charge in [-0.25, -0.2) is 14.5 Å². The fraction of sp³-hybridized carbons (Fsp3) is 0.318. The molecule has 0 saturated carbocycles. The molecule has 160 valence electrons. The molecule has 0 spiro atoms. The zero-order valence-electron chi connectivity index (χ0n) is 17.2. The molecule has 9 heteroatoms. The number of nitrogens with one attached hydrogen (secondary N) is 2. The Balaban J connectivity index is 1.21. The third-order valence-electron chi connectivity index (χ3n) is 5.27. The largest absolute Gasteiger partial charge is 0.379 e. The summed E-state index contributed by atoms with van der Waals surface area (Å²) in [5.41, 5.74) is 3.15. The van der Waals surface area contributed by atoms with E-state index in [1.165, 1.54) is 5.56 Å². The third-order valence-corrected chi connectivity index (χ3v) is 6.15. The number of hydrogen-bond donors (Lipinski definition) is 2. The molecule has 4 heterocycles. The van der Waals surface area contributed by atoms with Crippen LogP contribution in [0.15, 0.2) is 54.9 Å². The molecular formula is C22H25N7OS. The SMILES string of the molecule is c1ccc(CNc2nn3c(-c4ccc(NCCN5CCOCC5)nc4)cnc3s2)cc1. The van der Waals surface area contributed by atoms with Crippen molar-refractivity contribution in [3.05, 3.63) is 60.4 Å². The van der Waals surface area contributed by atoms with Crippen molar-refractivity contribution in [1.82, 2.24) is 24.5 Å². The number of rotatable bonds is 8. The van der Waals surface area contributed by atoms with Crippen molar-refractivity contribution in [2.24, 2.45) is 0 Å². The molecule has 1 fully saturated rings.